The molecule has 3 aromatic rings. The summed E-state index contributed by atoms with van der Waals surface area (Å²) in [5.74, 6) is 0. The quantitative estimate of drug-likeness (QED) is 0.448. The van der Waals surface area contributed by atoms with Crippen LogP contribution in [0.25, 0.3) is 0 Å². The summed E-state index contributed by atoms with van der Waals surface area (Å²) >= 11 is 0. The van der Waals surface area contributed by atoms with Crippen molar-refractivity contribution in [2.45, 2.75) is 54.4 Å². The van der Waals surface area contributed by atoms with Crippen LogP contribution in [0.4, 0.5) is 0 Å². The van der Waals surface area contributed by atoms with E-state index in [-0.39, 0.29) is 8.46 Å². The summed E-state index contributed by atoms with van der Waals surface area (Å²) in [7, 11) is 0.0933. The maximum Gasteiger partial charge on any atom is 0.192 e. The molecule has 0 bridgehead atoms. The third-order valence-electron chi connectivity index (χ3n) is 5.75. The van der Waals surface area contributed by atoms with Crippen LogP contribution in [0.1, 0.15) is 55.6 Å². The van der Waals surface area contributed by atoms with Gasteiger partial charge in [-0.15, -0.1) is 0 Å². The van der Waals surface area contributed by atoms with Crippen molar-refractivity contribution in [1.29, 1.82) is 0 Å². The van der Waals surface area contributed by atoms with E-state index in [2.05, 4.69) is 71.9 Å². The third-order valence-corrected chi connectivity index (χ3v) is 6.36. The average molecular weight is 388 g/mol. The van der Waals surface area contributed by atoms with Gasteiger partial charge in [0.15, 0.2) is 8.46 Å². The Balaban J connectivity index is 2.09. The van der Waals surface area contributed by atoms with Gasteiger partial charge in [0.05, 0.1) is 0 Å². The summed E-state index contributed by atoms with van der Waals surface area (Å²) < 4.78 is 11.9. The van der Waals surface area contributed by atoms with E-state index in [0.717, 1.165) is 18.1 Å². The Hall–Kier alpha value is -2.24. The van der Waals surface area contributed by atoms with E-state index in [0.29, 0.717) is 0 Å². The first-order valence-electron chi connectivity index (χ1n) is 9.87. The smallest absolute Gasteiger partial charge is 0.192 e. The molecule has 0 aliphatic rings. The molecular formula is C26H29OP. The van der Waals surface area contributed by atoms with Crippen molar-refractivity contribution in [1.82, 2.24) is 0 Å². The SMILES string of the molecule is Cc1cc(C)c(Cc2cccc(P=O)c2Cc2c(C)cc(C)cc2C)c(C)c1. The first kappa shape index (κ1) is 20.5. The van der Waals surface area contributed by atoms with E-state index in [4.69, 9.17) is 0 Å². The topological polar surface area (TPSA) is 17.1 Å². The van der Waals surface area contributed by atoms with Gasteiger partial charge in [-0.05, 0) is 105 Å². The summed E-state index contributed by atoms with van der Waals surface area (Å²) in [6, 6.07) is 15.2. The van der Waals surface area contributed by atoms with Gasteiger partial charge in [-0.2, -0.15) is 0 Å². The molecule has 0 saturated carbocycles. The molecule has 2 heteroatoms. The monoisotopic (exact) mass is 388 g/mol. The zero-order valence-electron chi connectivity index (χ0n) is 17.8. The summed E-state index contributed by atoms with van der Waals surface area (Å²) in [6.07, 6.45) is 1.70. The van der Waals surface area contributed by atoms with Gasteiger partial charge in [-0.1, -0.05) is 47.5 Å². The molecule has 0 aromatic heterocycles. The number of aryl methyl sites for hydroxylation is 6. The summed E-state index contributed by atoms with van der Waals surface area (Å²) in [5.41, 5.74) is 13.1. The first-order valence-corrected chi connectivity index (χ1v) is 10.7. The standard InChI is InChI=1S/C26H29OP/c1-16-10-18(3)23(19(4)11-16)14-22-8-7-9-26(28-27)25(22)15-24-20(5)12-17(2)13-21(24)6/h7-13H,14-15H2,1-6H3. The molecule has 0 aliphatic heterocycles. The molecule has 28 heavy (non-hydrogen) atoms. The van der Waals surface area contributed by atoms with Gasteiger partial charge in [0.25, 0.3) is 0 Å². The van der Waals surface area contributed by atoms with Crippen LogP contribution in [0.3, 0.4) is 0 Å². The van der Waals surface area contributed by atoms with Crippen LogP contribution < -0.4 is 5.30 Å². The molecule has 0 spiro atoms. The number of benzene rings is 3. The Morgan fingerprint density at radius 3 is 1.57 bits per heavy atom. The Kier molecular flexibility index (Phi) is 6.16. The average Bonchev–Trinajstić information content (AvgIpc) is 2.61. The minimum absolute atomic E-state index is 0.0933. The van der Waals surface area contributed by atoms with Gasteiger partial charge in [0.2, 0.25) is 0 Å². The largest absolute Gasteiger partial charge is 0.269 e. The molecule has 0 N–H and O–H groups in total. The highest BCUT2D eigenvalue weighted by atomic mass is 31.1. The van der Waals surface area contributed by atoms with E-state index in [1.807, 2.05) is 12.1 Å². The summed E-state index contributed by atoms with van der Waals surface area (Å²) in [4.78, 5) is 0. The van der Waals surface area contributed by atoms with Crippen molar-refractivity contribution in [2.75, 3.05) is 0 Å². The van der Waals surface area contributed by atoms with Crippen LogP contribution in [-0.4, -0.2) is 0 Å². The van der Waals surface area contributed by atoms with Crippen molar-refractivity contribution in [3.05, 3.63) is 98.1 Å². The molecule has 0 radical (unpaired) electrons. The van der Waals surface area contributed by atoms with E-state index >= 15 is 0 Å². The molecule has 0 aliphatic carbocycles. The van der Waals surface area contributed by atoms with Crippen LogP contribution >= 0.6 is 8.46 Å². The zero-order chi connectivity index (χ0) is 20.4. The van der Waals surface area contributed by atoms with Crippen LogP contribution in [0.5, 0.6) is 0 Å². The zero-order valence-corrected chi connectivity index (χ0v) is 18.7. The van der Waals surface area contributed by atoms with Gasteiger partial charge in [0.1, 0.15) is 0 Å². The Morgan fingerprint density at radius 2 is 1.11 bits per heavy atom. The van der Waals surface area contributed by atoms with Crippen molar-refractivity contribution in [3.63, 3.8) is 0 Å². The lowest BCUT2D eigenvalue weighted by Gasteiger charge is -2.18. The van der Waals surface area contributed by atoms with E-state index in [1.165, 1.54) is 55.6 Å². The molecular weight excluding hydrogens is 359 g/mol. The van der Waals surface area contributed by atoms with Gasteiger partial charge >= 0.3 is 0 Å². The number of hydrogen-bond acceptors (Lipinski definition) is 1. The second kappa shape index (κ2) is 8.41. The van der Waals surface area contributed by atoms with E-state index < -0.39 is 0 Å². The maximum atomic E-state index is 11.9. The maximum absolute atomic E-state index is 11.9. The normalized spacial score (nSPS) is 11.2. The predicted molar refractivity (Wildman–Crippen MR) is 121 cm³/mol. The molecule has 0 saturated heterocycles. The Labute approximate surface area is 171 Å². The van der Waals surface area contributed by atoms with Crippen LogP contribution in [0.2, 0.25) is 0 Å². The van der Waals surface area contributed by atoms with E-state index in [1.54, 1.807) is 0 Å². The third kappa shape index (κ3) is 4.26. The van der Waals surface area contributed by atoms with E-state index in [9.17, 15) is 4.57 Å². The molecule has 0 atom stereocenters. The number of hydrogen-bond donors (Lipinski definition) is 0. The van der Waals surface area contributed by atoms with Crippen molar-refractivity contribution < 1.29 is 4.57 Å². The highest BCUT2D eigenvalue weighted by molar-refractivity contribution is 7.34. The lowest BCUT2D eigenvalue weighted by molar-refractivity contribution is 0.603. The van der Waals surface area contributed by atoms with Crippen molar-refractivity contribution in [2.24, 2.45) is 0 Å². The molecule has 1 nitrogen and oxygen atoms in total. The second-order valence-electron chi connectivity index (χ2n) is 8.11. The highest BCUT2D eigenvalue weighted by Gasteiger charge is 2.15. The Bertz CT molecular complexity index is 1000. The van der Waals surface area contributed by atoms with Crippen LogP contribution in [0.15, 0.2) is 42.5 Å². The minimum Gasteiger partial charge on any atom is -0.269 e. The number of rotatable bonds is 5. The summed E-state index contributed by atoms with van der Waals surface area (Å²) in [5, 5.41) is 0.902. The predicted octanol–water partition coefficient (Wildman–Crippen LogP) is 6.64. The fourth-order valence-corrected chi connectivity index (χ4v) is 4.90. The van der Waals surface area contributed by atoms with Gasteiger partial charge in [-0.3, -0.25) is 4.57 Å². The summed E-state index contributed by atoms with van der Waals surface area (Å²) in [6.45, 7) is 13.0. The molecule has 0 fully saturated rings. The molecule has 0 heterocycles. The van der Waals surface area contributed by atoms with Gasteiger partial charge < -0.3 is 0 Å². The van der Waals surface area contributed by atoms with Crippen molar-refractivity contribution >= 4 is 13.8 Å². The fourth-order valence-electron chi connectivity index (χ4n) is 4.42. The molecule has 3 aromatic carbocycles. The highest BCUT2D eigenvalue weighted by Crippen LogP contribution is 2.26. The Morgan fingerprint density at radius 1 is 0.643 bits per heavy atom. The van der Waals surface area contributed by atoms with Crippen molar-refractivity contribution in [3.8, 4) is 0 Å². The minimum atomic E-state index is 0.0933. The lowest BCUT2D eigenvalue weighted by Crippen LogP contribution is -2.11. The second-order valence-corrected chi connectivity index (χ2v) is 8.78. The molecule has 3 rings (SSSR count). The first-order chi connectivity index (χ1) is 13.3. The van der Waals surface area contributed by atoms with Crippen LogP contribution in [0, 0.1) is 41.5 Å². The molecule has 144 valence electrons. The van der Waals surface area contributed by atoms with Crippen LogP contribution in [-0.2, 0) is 17.4 Å². The fraction of sp³-hybridized carbons (Fsp3) is 0.308. The molecule has 0 amide bonds. The van der Waals surface area contributed by atoms with Gasteiger partial charge in [0, 0.05) is 5.30 Å². The van der Waals surface area contributed by atoms with Gasteiger partial charge in [-0.25, -0.2) is 0 Å². The lowest BCUT2D eigenvalue weighted by atomic mass is 9.88. The molecule has 0 unspecified atom stereocenters.